The highest BCUT2D eigenvalue weighted by Crippen LogP contribution is 2.38. The maximum atomic E-state index is 5.60. The van der Waals surface area contributed by atoms with Crippen molar-refractivity contribution in [3.63, 3.8) is 0 Å². The minimum Gasteiger partial charge on any atom is -0.496 e. The molecule has 0 aromatic carbocycles. The van der Waals surface area contributed by atoms with Crippen molar-refractivity contribution in [2.75, 3.05) is 7.11 Å². The second-order valence-corrected chi connectivity index (χ2v) is 5.49. The van der Waals surface area contributed by atoms with Gasteiger partial charge in [-0.25, -0.2) is 0 Å². The number of hydrogen-bond acceptors (Lipinski definition) is 1. The van der Waals surface area contributed by atoms with Crippen LogP contribution >= 0.6 is 0 Å². The van der Waals surface area contributed by atoms with E-state index in [1.54, 1.807) is 7.11 Å². The lowest BCUT2D eigenvalue weighted by atomic mass is 10.0. The van der Waals surface area contributed by atoms with Crippen LogP contribution in [0, 0.1) is 0 Å². The molecule has 102 valence electrons. The summed E-state index contributed by atoms with van der Waals surface area (Å²) in [6, 6.07) is 11.1. The average Bonchev–Trinajstić information content (AvgIpc) is 2.68. The van der Waals surface area contributed by atoms with Crippen LogP contribution < -0.4 is 4.74 Å². The van der Waals surface area contributed by atoms with Crippen molar-refractivity contribution in [2.24, 2.45) is 0 Å². The zero-order valence-corrected chi connectivity index (χ0v) is 12.5. The Balaban J connectivity index is 2.51. The monoisotopic (exact) mass is 256 g/mol. The van der Waals surface area contributed by atoms with Crippen molar-refractivity contribution < 1.29 is 4.74 Å². The molecule has 0 amide bonds. The van der Waals surface area contributed by atoms with Crippen molar-refractivity contribution in [1.29, 1.82) is 0 Å². The van der Waals surface area contributed by atoms with Crippen LogP contribution in [-0.2, 0) is 6.42 Å². The van der Waals surface area contributed by atoms with E-state index in [9.17, 15) is 0 Å². The molecule has 19 heavy (non-hydrogen) atoms. The Hall–Kier alpha value is -1.50. The normalized spacial score (nSPS) is 11.2. The fraction of sp³-hybridized carbons (Fsp3) is 0.444. The van der Waals surface area contributed by atoms with Crippen molar-refractivity contribution in [1.82, 2.24) is 0 Å². The molecule has 2 aliphatic rings. The number of ether oxygens (including phenoxy) is 1. The molecule has 0 radical (unpaired) electrons. The number of rotatable bonds is 5. The summed E-state index contributed by atoms with van der Waals surface area (Å²) in [4.78, 5) is 0. The molecule has 2 aliphatic carbocycles. The smallest absolute Gasteiger partial charge is 0.126 e. The lowest BCUT2D eigenvalue weighted by molar-refractivity contribution is 0.416. The molecule has 0 aromatic heterocycles. The maximum Gasteiger partial charge on any atom is 0.126 e. The predicted molar refractivity (Wildman–Crippen MR) is 82.3 cm³/mol. The molecular formula is C18H24O. The first-order valence-electron chi connectivity index (χ1n) is 7.27. The molecule has 0 unspecified atom stereocenters. The molecule has 0 spiro atoms. The summed E-state index contributed by atoms with van der Waals surface area (Å²) in [5.41, 5.74) is 5.38. The minimum absolute atomic E-state index is 0.536. The Bertz CT molecular complexity index is 514. The lowest BCUT2D eigenvalue weighted by Gasteiger charge is -2.06. The second kappa shape index (κ2) is 6.10. The highest BCUT2D eigenvalue weighted by molar-refractivity contribution is 5.77. The van der Waals surface area contributed by atoms with Gasteiger partial charge in [-0.2, -0.15) is 0 Å². The van der Waals surface area contributed by atoms with Gasteiger partial charge in [0.25, 0.3) is 0 Å². The van der Waals surface area contributed by atoms with Crippen LogP contribution in [-0.4, -0.2) is 7.11 Å². The van der Waals surface area contributed by atoms with E-state index in [0.29, 0.717) is 5.92 Å². The van der Waals surface area contributed by atoms with Crippen LogP contribution in [0.25, 0.3) is 11.1 Å². The second-order valence-electron chi connectivity index (χ2n) is 5.49. The predicted octanol–water partition coefficient (Wildman–Crippen LogP) is 5.27. The van der Waals surface area contributed by atoms with E-state index in [0.717, 1.165) is 12.2 Å². The number of unbranched alkanes of at least 4 members (excludes halogenated alkanes) is 1. The van der Waals surface area contributed by atoms with Gasteiger partial charge in [-0.05, 0) is 41.5 Å². The molecule has 0 atom stereocenters. The van der Waals surface area contributed by atoms with E-state index in [1.807, 2.05) is 0 Å². The Morgan fingerprint density at radius 2 is 1.89 bits per heavy atom. The lowest BCUT2D eigenvalue weighted by Crippen LogP contribution is -1.88. The van der Waals surface area contributed by atoms with Crippen LogP contribution in [0.1, 0.15) is 50.7 Å². The van der Waals surface area contributed by atoms with Crippen molar-refractivity contribution in [3.8, 4) is 16.9 Å². The number of fused-ring (bicyclic) bond motifs is 1. The van der Waals surface area contributed by atoms with Crippen LogP contribution in [0.4, 0.5) is 0 Å². The first kappa shape index (κ1) is 13.9. The first-order valence-corrected chi connectivity index (χ1v) is 7.27. The van der Waals surface area contributed by atoms with E-state index in [-0.39, 0.29) is 0 Å². The molecule has 0 N–H and O–H groups in total. The van der Waals surface area contributed by atoms with E-state index in [4.69, 9.17) is 4.74 Å². The SMILES string of the molecule is CCCCc1ccc2cc(C(C)C)ccc(OC)c1-2. The number of hydrogen-bond donors (Lipinski definition) is 0. The van der Waals surface area contributed by atoms with Gasteiger partial charge in [0, 0.05) is 5.56 Å². The Kier molecular flexibility index (Phi) is 4.47. The third-order valence-corrected chi connectivity index (χ3v) is 3.76. The fourth-order valence-corrected chi connectivity index (χ4v) is 2.55. The topological polar surface area (TPSA) is 9.23 Å². The summed E-state index contributed by atoms with van der Waals surface area (Å²) in [5.74, 6) is 1.53. The van der Waals surface area contributed by atoms with Gasteiger partial charge in [0.05, 0.1) is 7.11 Å². The first-order chi connectivity index (χ1) is 9.17. The molecule has 0 heterocycles. The quantitative estimate of drug-likeness (QED) is 0.708. The van der Waals surface area contributed by atoms with Crippen LogP contribution in [0.3, 0.4) is 0 Å². The summed E-state index contributed by atoms with van der Waals surface area (Å²) in [6.45, 7) is 6.70. The zero-order chi connectivity index (χ0) is 13.8. The third-order valence-electron chi connectivity index (χ3n) is 3.76. The van der Waals surface area contributed by atoms with Gasteiger partial charge in [0.2, 0.25) is 0 Å². The van der Waals surface area contributed by atoms with E-state index in [1.165, 1.54) is 35.1 Å². The zero-order valence-electron chi connectivity index (χ0n) is 12.5. The molecule has 0 aliphatic heterocycles. The van der Waals surface area contributed by atoms with Gasteiger partial charge in [-0.1, -0.05) is 51.5 Å². The van der Waals surface area contributed by atoms with Gasteiger partial charge in [-0.15, -0.1) is 0 Å². The molecule has 1 nitrogen and oxygen atoms in total. The molecule has 1 heteroatoms. The summed E-state index contributed by atoms with van der Waals surface area (Å²) >= 11 is 0. The standard InChI is InChI=1S/C18H24O/c1-5-6-7-14-8-9-16-12-15(13(2)3)10-11-17(19-4)18(14)16/h8-13H,5-7H2,1-4H3. The minimum atomic E-state index is 0.536. The summed E-state index contributed by atoms with van der Waals surface area (Å²) in [6.07, 6.45) is 3.60. The molecule has 2 rings (SSSR count). The maximum absolute atomic E-state index is 5.60. The van der Waals surface area contributed by atoms with Crippen LogP contribution in [0.5, 0.6) is 5.75 Å². The average molecular weight is 256 g/mol. The molecule has 0 bridgehead atoms. The van der Waals surface area contributed by atoms with Gasteiger partial charge in [-0.3, -0.25) is 0 Å². The van der Waals surface area contributed by atoms with Gasteiger partial charge in [0.1, 0.15) is 5.75 Å². The van der Waals surface area contributed by atoms with E-state index >= 15 is 0 Å². The van der Waals surface area contributed by atoms with Crippen molar-refractivity contribution >= 4 is 0 Å². The van der Waals surface area contributed by atoms with Crippen LogP contribution in [0.15, 0.2) is 30.3 Å². The molecule has 0 saturated heterocycles. The largest absolute Gasteiger partial charge is 0.496 e. The van der Waals surface area contributed by atoms with Crippen molar-refractivity contribution in [2.45, 2.75) is 46.0 Å². The Morgan fingerprint density at radius 1 is 1.11 bits per heavy atom. The Morgan fingerprint density at radius 3 is 2.53 bits per heavy atom. The molecule has 0 saturated carbocycles. The fourth-order valence-electron chi connectivity index (χ4n) is 2.55. The summed E-state index contributed by atoms with van der Waals surface area (Å²) < 4.78 is 5.60. The Labute approximate surface area is 117 Å². The van der Waals surface area contributed by atoms with E-state index < -0.39 is 0 Å². The van der Waals surface area contributed by atoms with Gasteiger partial charge in [0.15, 0.2) is 0 Å². The van der Waals surface area contributed by atoms with Crippen LogP contribution in [0.2, 0.25) is 0 Å². The molecule has 0 fully saturated rings. The van der Waals surface area contributed by atoms with Gasteiger partial charge >= 0.3 is 0 Å². The van der Waals surface area contributed by atoms with Crippen molar-refractivity contribution in [3.05, 3.63) is 41.5 Å². The highest BCUT2D eigenvalue weighted by Gasteiger charge is 2.14. The van der Waals surface area contributed by atoms with Gasteiger partial charge < -0.3 is 4.74 Å². The number of methoxy groups -OCH3 is 1. The molecule has 0 aromatic rings. The summed E-state index contributed by atoms with van der Waals surface area (Å²) in [7, 11) is 1.76. The van der Waals surface area contributed by atoms with E-state index in [2.05, 4.69) is 51.1 Å². The highest BCUT2D eigenvalue weighted by atomic mass is 16.5. The molecular weight excluding hydrogens is 232 g/mol. The summed E-state index contributed by atoms with van der Waals surface area (Å²) in [5, 5.41) is 0. The third kappa shape index (κ3) is 2.91. The number of aryl methyl sites for hydroxylation is 1.